The number of nitrogens with one attached hydrogen (secondary N) is 1. The second-order valence-electron chi connectivity index (χ2n) is 5.59. The fourth-order valence-electron chi connectivity index (χ4n) is 2.24. The van der Waals surface area contributed by atoms with E-state index in [-0.39, 0.29) is 17.8 Å². The van der Waals surface area contributed by atoms with E-state index in [0.717, 1.165) is 11.3 Å². The van der Waals surface area contributed by atoms with Crippen LogP contribution in [0.3, 0.4) is 0 Å². The standard InChI is InChI=1S/C18H16BrN3O3/c1-11(2)24-13-9-7-12(8-10-13)16-17(22-25-21-16)20-18(23)14-5-3-4-6-15(14)19/h3-11H,1-2H3,(H,20,22,23). The highest BCUT2D eigenvalue weighted by Gasteiger charge is 2.17. The van der Waals surface area contributed by atoms with E-state index in [2.05, 4.69) is 31.6 Å². The maximum Gasteiger partial charge on any atom is 0.258 e. The van der Waals surface area contributed by atoms with Gasteiger partial charge in [0.05, 0.1) is 11.7 Å². The lowest BCUT2D eigenvalue weighted by Gasteiger charge is -2.09. The number of hydrogen-bond acceptors (Lipinski definition) is 5. The molecule has 0 bridgehead atoms. The topological polar surface area (TPSA) is 77.2 Å². The molecule has 0 saturated carbocycles. The molecule has 0 aliphatic heterocycles. The average Bonchev–Trinajstić information content (AvgIpc) is 3.03. The summed E-state index contributed by atoms with van der Waals surface area (Å²) in [6.45, 7) is 3.93. The van der Waals surface area contributed by atoms with Crippen molar-refractivity contribution in [3.8, 4) is 17.0 Å². The van der Waals surface area contributed by atoms with Crippen LogP contribution in [-0.2, 0) is 0 Å². The summed E-state index contributed by atoms with van der Waals surface area (Å²) in [5, 5.41) is 10.4. The molecule has 0 saturated heterocycles. The monoisotopic (exact) mass is 401 g/mol. The molecular weight excluding hydrogens is 386 g/mol. The van der Waals surface area contributed by atoms with Gasteiger partial charge in [-0.15, -0.1) is 0 Å². The highest BCUT2D eigenvalue weighted by molar-refractivity contribution is 9.10. The van der Waals surface area contributed by atoms with E-state index in [0.29, 0.717) is 15.7 Å². The van der Waals surface area contributed by atoms with E-state index in [1.54, 1.807) is 18.2 Å². The van der Waals surface area contributed by atoms with Gasteiger partial charge in [0.25, 0.3) is 5.91 Å². The third kappa shape index (κ3) is 4.06. The molecule has 1 aromatic heterocycles. The van der Waals surface area contributed by atoms with E-state index >= 15 is 0 Å². The SMILES string of the molecule is CC(C)Oc1ccc(-c2nonc2NC(=O)c2ccccc2Br)cc1. The fraction of sp³-hybridized carbons (Fsp3) is 0.167. The molecule has 1 N–H and O–H groups in total. The number of nitrogens with zero attached hydrogens (tertiary/aromatic N) is 2. The Kier molecular flexibility index (Phi) is 5.14. The molecule has 0 spiro atoms. The normalized spacial score (nSPS) is 10.7. The molecule has 7 heteroatoms. The van der Waals surface area contributed by atoms with Crippen LogP contribution in [0.1, 0.15) is 24.2 Å². The molecule has 0 fully saturated rings. The van der Waals surface area contributed by atoms with Crippen LogP contribution in [0.5, 0.6) is 5.75 Å². The number of hydrogen-bond donors (Lipinski definition) is 1. The first kappa shape index (κ1) is 17.2. The van der Waals surface area contributed by atoms with E-state index in [9.17, 15) is 4.79 Å². The number of halogens is 1. The second-order valence-corrected chi connectivity index (χ2v) is 6.44. The Morgan fingerprint density at radius 2 is 1.84 bits per heavy atom. The summed E-state index contributed by atoms with van der Waals surface area (Å²) in [4.78, 5) is 12.4. The molecule has 6 nitrogen and oxygen atoms in total. The van der Waals surface area contributed by atoms with Gasteiger partial charge in [0, 0.05) is 10.0 Å². The van der Waals surface area contributed by atoms with Crippen LogP contribution in [0, 0.1) is 0 Å². The summed E-state index contributed by atoms with van der Waals surface area (Å²) < 4.78 is 11.1. The zero-order valence-electron chi connectivity index (χ0n) is 13.7. The van der Waals surface area contributed by atoms with E-state index in [1.807, 2.05) is 44.2 Å². The van der Waals surface area contributed by atoms with Crippen molar-refractivity contribution in [2.45, 2.75) is 20.0 Å². The number of ether oxygens (including phenoxy) is 1. The first-order valence-corrected chi connectivity index (χ1v) is 8.49. The summed E-state index contributed by atoms with van der Waals surface area (Å²) in [6, 6.07) is 14.5. The van der Waals surface area contributed by atoms with Crippen LogP contribution in [0.2, 0.25) is 0 Å². The number of amides is 1. The maximum absolute atomic E-state index is 12.4. The number of carbonyl (C=O) groups excluding carboxylic acids is 1. The van der Waals surface area contributed by atoms with Crippen molar-refractivity contribution in [1.82, 2.24) is 10.3 Å². The van der Waals surface area contributed by atoms with Crippen LogP contribution in [0.4, 0.5) is 5.82 Å². The van der Waals surface area contributed by atoms with Gasteiger partial charge in [-0.3, -0.25) is 4.79 Å². The second kappa shape index (κ2) is 7.48. The van der Waals surface area contributed by atoms with Crippen molar-refractivity contribution in [1.29, 1.82) is 0 Å². The molecular formula is C18H16BrN3O3. The van der Waals surface area contributed by atoms with Gasteiger partial charge >= 0.3 is 0 Å². The van der Waals surface area contributed by atoms with Crippen molar-refractivity contribution < 1.29 is 14.2 Å². The Morgan fingerprint density at radius 1 is 1.12 bits per heavy atom. The van der Waals surface area contributed by atoms with Crippen LogP contribution in [0.15, 0.2) is 57.6 Å². The molecule has 0 radical (unpaired) electrons. The Labute approximate surface area is 153 Å². The number of anilines is 1. The average molecular weight is 402 g/mol. The van der Waals surface area contributed by atoms with E-state index < -0.39 is 0 Å². The highest BCUT2D eigenvalue weighted by atomic mass is 79.9. The fourth-order valence-corrected chi connectivity index (χ4v) is 2.71. The summed E-state index contributed by atoms with van der Waals surface area (Å²) in [5.41, 5.74) is 1.72. The highest BCUT2D eigenvalue weighted by Crippen LogP contribution is 2.27. The molecule has 1 amide bonds. The molecule has 0 unspecified atom stereocenters. The zero-order valence-corrected chi connectivity index (χ0v) is 15.3. The van der Waals surface area contributed by atoms with Crippen LogP contribution in [-0.4, -0.2) is 22.3 Å². The summed E-state index contributed by atoms with van der Waals surface area (Å²) in [6.07, 6.45) is 0.0961. The van der Waals surface area contributed by atoms with Gasteiger partial charge < -0.3 is 10.1 Å². The minimum absolute atomic E-state index is 0.0961. The third-order valence-corrected chi connectivity index (χ3v) is 4.03. The lowest BCUT2D eigenvalue weighted by Crippen LogP contribution is -2.13. The molecule has 128 valence electrons. The van der Waals surface area contributed by atoms with Crippen molar-refractivity contribution in [2.24, 2.45) is 0 Å². The largest absolute Gasteiger partial charge is 0.491 e. The van der Waals surface area contributed by atoms with Crippen molar-refractivity contribution in [3.63, 3.8) is 0 Å². The number of rotatable bonds is 5. The van der Waals surface area contributed by atoms with Gasteiger partial charge in [-0.2, -0.15) is 0 Å². The van der Waals surface area contributed by atoms with Gasteiger partial charge in [-0.1, -0.05) is 12.1 Å². The predicted octanol–water partition coefficient (Wildman–Crippen LogP) is 4.54. The molecule has 0 atom stereocenters. The maximum atomic E-state index is 12.4. The Bertz CT molecular complexity index is 875. The summed E-state index contributed by atoms with van der Waals surface area (Å²) >= 11 is 3.36. The minimum atomic E-state index is -0.302. The van der Waals surface area contributed by atoms with E-state index in [4.69, 9.17) is 9.37 Å². The molecule has 0 aliphatic rings. The van der Waals surface area contributed by atoms with Crippen molar-refractivity contribution in [3.05, 3.63) is 58.6 Å². The molecule has 25 heavy (non-hydrogen) atoms. The number of benzene rings is 2. The molecule has 3 rings (SSSR count). The quantitative estimate of drug-likeness (QED) is 0.678. The van der Waals surface area contributed by atoms with Crippen molar-refractivity contribution >= 4 is 27.7 Å². The molecule has 0 aliphatic carbocycles. The summed E-state index contributed by atoms with van der Waals surface area (Å²) in [5.74, 6) is 0.719. The lowest BCUT2D eigenvalue weighted by molar-refractivity contribution is 0.102. The molecule has 3 aromatic rings. The minimum Gasteiger partial charge on any atom is -0.491 e. The van der Waals surface area contributed by atoms with Gasteiger partial charge in [0.15, 0.2) is 5.69 Å². The molecule has 2 aromatic carbocycles. The first-order valence-electron chi connectivity index (χ1n) is 7.70. The van der Waals surface area contributed by atoms with Gasteiger partial charge in [-0.25, -0.2) is 4.63 Å². The first-order chi connectivity index (χ1) is 12.0. The van der Waals surface area contributed by atoms with Gasteiger partial charge in [0.1, 0.15) is 5.75 Å². The lowest BCUT2D eigenvalue weighted by atomic mass is 10.1. The number of carbonyl (C=O) groups is 1. The van der Waals surface area contributed by atoms with Crippen LogP contribution < -0.4 is 10.1 Å². The van der Waals surface area contributed by atoms with Crippen LogP contribution >= 0.6 is 15.9 Å². The zero-order chi connectivity index (χ0) is 17.8. The Balaban J connectivity index is 1.81. The smallest absolute Gasteiger partial charge is 0.258 e. The predicted molar refractivity (Wildman–Crippen MR) is 97.6 cm³/mol. The third-order valence-electron chi connectivity index (χ3n) is 3.34. The van der Waals surface area contributed by atoms with Crippen molar-refractivity contribution in [2.75, 3.05) is 5.32 Å². The van der Waals surface area contributed by atoms with Crippen LogP contribution in [0.25, 0.3) is 11.3 Å². The Hall–Kier alpha value is -2.67. The molecule has 1 heterocycles. The Morgan fingerprint density at radius 3 is 2.52 bits per heavy atom. The number of aromatic nitrogens is 2. The van der Waals surface area contributed by atoms with Gasteiger partial charge in [0.2, 0.25) is 5.82 Å². The van der Waals surface area contributed by atoms with Gasteiger partial charge in [-0.05, 0) is 76.5 Å². The van der Waals surface area contributed by atoms with E-state index in [1.165, 1.54) is 0 Å². The summed E-state index contributed by atoms with van der Waals surface area (Å²) in [7, 11) is 0.